The summed E-state index contributed by atoms with van der Waals surface area (Å²) in [4.78, 5) is 16.3. The first-order valence-electron chi connectivity index (χ1n) is 8.71. The number of benzene rings is 1. The van der Waals surface area contributed by atoms with Crippen molar-refractivity contribution in [3.8, 4) is 11.3 Å². The molecule has 2 heterocycles. The highest BCUT2D eigenvalue weighted by Crippen LogP contribution is 2.24. The number of nitrogens with one attached hydrogen (secondary N) is 1. The number of anilines is 1. The lowest BCUT2D eigenvalue weighted by molar-refractivity contribution is -0.116. The van der Waals surface area contributed by atoms with Crippen molar-refractivity contribution >= 4 is 11.7 Å². The van der Waals surface area contributed by atoms with Crippen molar-refractivity contribution in [2.75, 3.05) is 5.32 Å². The molecule has 1 amide bonds. The Balaban J connectivity index is 1.60. The molecule has 8 heteroatoms. The second-order valence-electron chi connectivity index (χ2n) is 6.21. The second kappa shape index (κ2) is 8.11. The van der Waals surface area contributed by atoms with Crippen LogP contribution in [0.5, 0.6) is 0 Å². The molecule has 27 heavy (non-hydrogen) atoms. The Kier molecular flexibility index (Phi) is 5.63. The number of carbonyl (C=O) groups excluding carboxylic acids is 1. The summed E-state index contributed by atoms with van der Waals surface area (Å²) in [5.74, 6) is -0.460. The smallest absolute Gasteiger partial charge is 0.226 e. The van der Waals surface area contributed by atoms with Crippen LogP contribution in [0.4, 0.5) is 14.6 Å². The molecule has 0 bridgehead atoms. The summed E-state index contributed by atoms with van der Waals surface area (Å²) in [5.41, 5.74) is 0.122. The van der Waals surface area contributed by atoms with Crippen LogP contribution in [-0.2, 0) is 11.2 Å². The number of hydrogen-bond donors (Lipinski definition) is 1. The van der Waals surface area contributed by atoms with Gasteiger partial charge in [0.25, 0.3) is 0 Å². The highest BCUT2D eigenvalue weighted by molar-refractivity contribution is 5.89. The van der Waals surface area contributed by atoms with Crippen molar-refractivity contribution in [2.45, 2.75) is 39.2 Å². The van der Waals surface area contributed by atoms with Crippen molar-refractivity contribution < 1.29 is 18.0 Å². The maximum absolute atomic E-state index is 13.8. The van der Waals surface area contributed by atoms with Gasteiger partial charge in [-0.25, -0.2) is 18.4 Å². The molecule has 1 aromatic carbocycles. The van der Waals surface area contributed by atoms with Crippen LogP contribution in [-0.4, -0.2) is 20.7 Å². The molecule has 0 fully saturated rings. The highest BCUT2D eigenvalue weighted by atomic mass is 19.1. The molecule has 2 aromatic heterocycles. The Hall–Kier alpha value is -3.03. The summed E-state index contributed by atoms with van der Waals surface area (Å²) in [6.45, 7) is 4.06. The van der Waals surface area contributed by atoms with Crippen molar-refractivity contribution in [1.82, 2.24) is 14.8 Å². The molecule has 3 rings (SSSR count). The molecule has 0 spiro atoms. The van der Waals surface area contributed by atoms with E-state index in [1.165, 1.54) is 12.3 Å². The SMILES string of the molecule is CCC(C)n1nccc1NC(=O)CCc1ncc(-c2ccc(F)cc2F)o1. The van der Waals surface area contributed by atoms with Gasteiger partial charge >= 0.3 is 0 Å². The van der Waals surface area contributed by atoms with E-state index in [9.17, 15) is 13.6 Å². The monoisotopic (exact) mass is 374 g/mol. The zero-order valence-electron chi connectivity index (χ0n) is 15.1. The Labute approximate surface area is 155 Å². The average molecular weight is 374 g/mol. The van der Waals surface area contributed by atoms with Crippen LogP contribution in [0.25, 0.3) is 11.3 Å². The molecule has 0 aliphatic carbocycles. The zero-order valence-corrected chi connectivity index (χ0v) is 15.1. The third-order valence-electron chi connectivity index (χ3n) is 4.26. The maximum atomic E-state index is 13.8. The highest BCUT2D eigenvalue weighted by Gasteiger charge is 2.14. The fourth-order valence-electron chi connectivity index (χ4n) is 2.60. The van der Waals surface area contributed by atoms with E-state index >= 15 is 0 Å². The van der Waals surface area contributed by atoms with Crippen LogP contribution in [0.3, 0.4) is 0 Å². The molecular weight excluding hydrogens is 354 g/mol. The van der Waals surface area contributed by atoms with Gasteiger partial charge in [0.15, 0.2) is 11.7 Å². The van der Waals surface area contributed by atoms with Gasteiger partial charge in [0.05, 0.1) is 24.0 Å². The number of amides is 1. The van der Waals surface area contributed by atoms with E-state index in [0.717, 1.165) is 18.6 Å². The van der Waals surface area contributed by atoms with Gasteiger partial charge < -0.3 is 9.73 Å². The minimum atomic E-state index is -0.728. The van der Waals surface area contributed by atoms with E-state index in [-0.39, 0.29) is 36.1 Å². The first-order valence-corrected chi connectivity index (χ1v) is 8.71. The van der Waals surface area contributed by atoms with Crippen molar-refractivity contribution in [3.63, 3.8) is 0 Å². The van der Waals surface area contributed by atoms with Gasteiger partial charge in [0.1, 0.15) is 17.5 Å². The minimum absolute atomic E-state index is 0.122. The van der Waals surface area contributed by atoms with Gasteiger partial charge in [-0.3, -0.25) is 4.79 Å². The zero-order chi connectivity index (χ0) is 19.4. The summed E-state index contributed by atoms with van der Waals surface area (Å²) < 4.78 is 34.0. The number of halogens is 2. The molecule has 1 atom stereocenters. The summed E-state index contributed by atoms with van der Waals surface area (Å²) in [7, 11) is 0. The standard InChI is InChI=1S/C19H20F2N4O2/c1-3-12(2)25-17(8-9-23-25)24-18(26)6-7-19-22-11-16(27-19)14-5-4-13(20)10-15(14)21/h4-5,8-12H,3,6-7H2,1-2H3,(H,24,26). The fraction of sp³-hybridized carbons (Fsp3) is 0.316. The van der Waals surface area contributed by atoms with E-state index < -0.39 is 11.6 Å². The van der Waals surface area contributed by atoms with Crippen LogP contribution >= 0.6 is 0 Å². The lowest BCUT2D eigenvalue weighted by Crippen LogP contribution is -2.17. The molecule has 0 saturated carbocycles. The Bertz CT molecular complexity index is 935. The van der Waals surface area contributed by atoms with Crippen molar-refractivity contribution in [3.05, 3.63) is 54.2 Å². The van der Waals surface area contributed by atoms with Crippen LogP contribution < -0.4 is 5.32 Å². The van der Waals surface area contributed by atoms with Crippen LogP contribution in [0.15, 0.2) is 41.1 Å². The summed E-state index contributed by atoms with van der Waals surface area (Å²) in [5, 5.41) is 7.04. The number of nitrogens with zero attached hydrogens (tertiary/aromatic N) is 3. The number of rotatable bonds is 7. The molecule has 0 aliphatic rings. The average Bonchev–Trinajstić information content (AvgIpc) is 3.29. The molecule has 0 saturated heterocycles. The van der Waals surface area contributed by atoms with E-state index in [4.69, 9.17) is 4.42 Å². The van der Waals surface area contributed by atoms with E-state index in [0.29, 0.717) is 11.7 Å². The molecule has 3 aromatic rings. The topological polar surface area (TPSA) is 73.0 Å². The molecular formula is C19H20F2N4O2. The molecule has 142 valence electrons. The van der Waals surface area contributed by atoms with E-state index in [2.05, 4.69) is 15.4 Å². The minimum Gasteiger partial charge on any atom is -0.441 e. The Morgan fingerprint density at radius 3 is 2.89 bits per heavy atom. The Morgan fingerprint density at radius 2 is 2.15 bits per heavy atom. The number of carbonyl (C=O) groups is 1. The quantitative estimate of drug-likeness (QED) is 0.667. The number of hydrogen-bond acceptors (Lipinski definition) is 4. The predicted octanol–water partition coefficient (Wildman–Crippen LogP) is 4.36. The van der Waals surface area contributed by atoms with Gasteiger partial charge in [-0.2, -0.15) is 5.10 Å². The van der Waals surface area contributed by atoms with Gasteiger partial charge in [-0.15, -0.1) is 0 Å². The first kappa shape index (κ1) is 18.8. The normalized spacial score (nSPS) is 12.1. The third kappa shape index (κ3) is 4.39. The predicted molar refractivity (Wildman–Crippen MR) is 96.0 cm³/mol. The van der Waals surface area contributed by atoms with Crippen LogP contribution in [0, 0.1) is 11.6 Å². The maximum Gasteiger partial charge on any atom is 0.226 e. The molecule has 6 nitrogen and oxygen atoms in total. The van der Waals surface area contributed by atoms with Crippen LogP contribution in [0.2, 0.25) is 0 Å². The van der Waals surface area contributed by atoms with Gasteiger partial charge in [-0.1, -0.05) is 6.92 Å². The largest absolute Gasteiger partial charge is 0.441 e. The summed E-state index contributed by atoms with van der Waals surface area (Å²) in [6, 6.07) is 5.14. The van der Waals surface area contributed by atoms with E-state index in [1.54, 1.807) is 16.9 Å². The third-order valence-corrected chi connectivity index (χ3v) is 4.26. The molecule has 1 N–H and O–H groups in total. The number of oxazole rings is 1. The van der Waals surface area contributed by atoms with Gasteiger partial charge in [0.2, 0.25) is 5.91 Å². The summed E-state index contributed by atoms with van der Waals surface area (Å²) in [6.07, 6.45) is 4.30. The fourth-order valence-corrected chi connectivity index (χ4v) is 2.60. The van der Waals surface area contributed by atoms with Crippen molar-refractivity contribution in [1.29, 1.82) is 0 Å². The van der Waals surface area contributed by atoms with Crippen molar-refractivity contribution in [2.24, 2.45) is 0 Å². The first-order chi connectivity index (χ1) is 13.0. The number of aryl methyl sites for hydroxylation is 1. The lowest BCUT2D eigenvalue weighted by atomic mass is 10.2. The molecule has 0 aliphatic heterocycles. The summed E-state index contributed by atoms with van der Waals surface area (Å²) >= 11 is 0. The Morgan fingerprint density at radius 1 is 1.33 bits per heavy atom. The van der Waals surface area contributed by atoms with E-state index in [1.807, 2.05) is 13.8 Å². The van der Waals surface area contributed by atoms with Gasteiger partial charge in [0, 0.05) is 25.0 Å². The molecule has 1 unspecified atom stereocenters. The van der Waals surface area contributed by atoms with Gasteiger partial charge in [-0.05, 0) is 25.5 Å². The molecule has 0 radical (unpaired) electrons. The lowest BCUT2D eigenvalue weighted by Gasteiger charge is -2.13. The van der Waals surface area contributed by atoms with Crippen LogP contribution in [0.1, 0.15) is 38.6 Å². The second-order valence-corrected chi connectivity index (χ2v) is 6.21. The number of aromatic nitrogens is 3.